The van der Waals surface area contributed by atoms with E-state index in [1.807, 2.05) is 30.3 Å². The lowest BCUT2D eigenvalue weighted by Gasteiger charge is -2.22. The zero-order valence-electron chi connectivity index (χ0n) is 12.0. The molecule has 112 valence electrons. The second kappa shape index (κ2) is 6.95. The predicted molar refractivity (Wildman–Crippen MR) is 93.0 cm³/mol. The normalized spacial score (nSPS) is 10.4. The second-order valence-electron chi connectivity index (χ2n) is 4.72. The smallest absolute Gasteiger partial charge is 0.253 e. The highest BCUT2D eigenvalue weighted by Crippen LogP contribution is 2.27. The van der Waals surface area contributed by atoms with Crippen molar-refractivity contribution in [2.24, 2.45) is 0 Å². The van der Waals surface area contributed by atoms with Gasteiger partial charge in [-0.2, -0.15) is 0 Å². The Labute approximate surface area is 137 Å². The average molecular weight is 368 g/mol. The molecule has 1 aromatic heterocycles. The molecule has 0 atom stereocenters. The first kappa shape index (κ1) is 15.9. The molecular formula is C15H18BrN3OS. The van der Waals surface area contributed by atoms with E-state index in [0.717, 1.165) is 16.7 Å². The standard InChI is InChI=1S/C15H18BrN3OS/c1-3-18-15(20)13-5-4-11(17)7-14(13)19(2)8-12-6-10(16)9-21-12/h4-7,9H,3,8,17H2,1-2H3,(H,18,20). The zero-order valence-corrected chi connectivity index (χ0v) is 14.4. The summed E-state index contributed by atoms with van der Waals surface area (Å²) in [7, 11) is 1.96. The fourth-order valence-corrected chi connectivity index (χ4v) is 3.57. The summed E-state index contributed by atoms with van der Waals surface area (Å²) in [5.41, 5.74) is 8.01. The van der Waals surface area contributed by atoms with E-state index in [-0.39, 0.29) is 5.91 Å². The van der Waals surface area contributed by atoms with Crippen LogP contribution in [-0.2, 0) is 6.54 Å². The quantitative estimate of drug-likeness (QED) is 0.795. The van der Waals surface area contributed by atoms with Gasteiger partial charge in [0.05, 0.1) is 17.8 Å². The van der Waals surface area contributed by atoms with E-state index in [1.54, 1.807) is 23.5 Å². The van der Waals surface area contributed by atoms with Gasteiger partial charge in [-0.3, -0.25) is 4.79 Å². The maximum Gasteiger partial charge on any atom is 0.253 e. The van der Waals surface area contributed by atoms with Crippen LogP contribution in [0, 0.1) is 0 Å². The van der Waals surface area contributed by atoms with Crippen LogP contribution in [0.3, 0.4) is 0 Å². The van der Waals surface area contributed by atoms with Gasteiger partial charge >= 0.3 is 0 Å². The molecule has 0 radical (unpaired) electrons. The Morgan fingerprint density at radius 3 is 2.81 bits per heavy atom. The zero-order chi connectivity index (χ0) is 15.4. The molecule has 0 unspecified atom stereocenters. The fourth-order valence-electron chi connectivity index (χ4n) is 2.07. The minimum absolute atomic E-state index is 0.0771. The molecule has 0 bridgehead atoms. The second-order valence-corrected chi connectivity index (χ2v) is 6.63. The largest absolute Gasteiger partial charge is 0.399 e. The Bertz CT molecular complexity index is 642. The average Bonchev–Trinajstić information content (AvgIpc) is 2.84. The van der Waals surface area contributed by atoms with Crippen molar-refractivity contribution in [1.29, 1.82) is 0 Å². The summed E-state index contributed by atoms with van der Waals surface area (Å²) >= 11 is 5.14. The van der Waals surface area contributed by atoms with Crippen molar-refractivity contribution in [3.63, 3.8) is 0 Å². The van der Waals surface area contributed by atoms with Gasteiger partial charge in [-0.1, -0.05) is 0 Å². The molecule has 0 aliphatic rings. The number of amides is 1. The fraction of sp³-hybridized carbons (Fsp3) is 0.267. The first-order valence-electron chi connectivity index (χ1n) is 6.63. The van der Waals surface area contributed by atoms with Crippen LogP contribution < -0.4 is 16.0 Å². The molecule has 0 aliphatic carbocycles. The summed E-state index contributed by atoms with van der Waals surface area (Å²) in [6, 6.07) is 7.45. The Morgan fingerprint density at radius 1 is 1.43 bits per heavy atom. The van der Waals surface area contributed by atoms with Gasteiger partial charge in [-0.25, -0.2) is 0 Å². The number of hydrogen-bond donors (Lipinski definition) is 2. The minimum Gasteiger partial charge on any atom is -0.399 e. The van der Waals surface area contributed by atoms with Gasteiger partial charge in [0.1, 0.15) is 0 Å². The lowest BCUT2D eigenvalue weighted by molar-refractivity contribution is 0.0956. The Morgan fingerprint density at radius 2 is 2.19 bits per heavy atom. The summed E-state index contributed by atoms with van der Waals surface area (Å²) in [6.45, 7) is 3.23. The number of hydrogen-bond acceptors (Lipinski definition) is 4. The number of rotatable bonds is 5. The highest BCUT2D eigenvalue weighted by Gasteiger charge is 2.15. The molecule has 0 saturated heterocycles. The summed E-state index contributed by atoms with van der Waals surface area (Å²) in [5.74, 6) is -0.0771. The third-order valence-electron chi connectivity index (χ3n) is 3.03. The molecule has 1 heterocycles. The molecule has 0 saturated carbocycles. The Kier molecular flexibility index (Phi) is 5.25. The molecule has 2 aromatic rings. The summed E-state index contributed by atoms with van der Waals surface area (Å²) in [4.78, 5) is 15.4. The summed E-state index contributed by atoms with van der Waals surface area (Å²) in [6.07, 6.45) is 0. The number of carbonyl (C=O) groups excluding carboxylic acids is 1. The van der Waals surface area contributed by atoms with Crippen molar-refractivity contribution >= 4 is 44.5 Å². The molecule has 0 spiro atoms. The third-order valence-corrected chi connectivity index (χ3v) is 4.71. The number of nitrogens with zero attached hydrogens (tertiary/aromatic N) is 1. The monoisotopic (exact) mass is 367 g/mol. The number of nitrogens with one attached hydrogen (secondary N) is 1. The van der Waals surface area contributed by atoms with Gasteiger partial charge in [0.15, 0.2) is 0 Å². The molecule has 3 N–H and O–H groups in total. The van der Waals surface area contributed by atoms with Crippen molar-refractivity contribution in [3.8, 4) is 0 Å². The number of carbonyl (C=O) groups is 1. The molecule has 0 aliphatic heterocycles. The Hall–Kier alpha value is -1.53. The maximum absolute atomic E-state index is 12.2. The van der Waals surface area contributed by atoms with Crippen LogP contribution in [0.4, 0.5) is 11.4 Å². The molecule has 6 heteroatoms. The van der Waals surface area contributed by atoms with Gasteiger partial charge in [0, 0.05) is 34.0 Å². The van der Waals surface area contributed by atoms with Gasteiger partial charge in [-0.15, -0.1) is 11.3 Å². The van der Waals surface area contributed by atoms with Crippen LogP contribution in [-0.4, -0.2) is 19.5 Å². The van der Waals surface area contributed by atoms with Crippen LogP contribution >= 0.6 is 27.3 Å². The van der Waals surface area contributed by atoms with Gasteiger partial charge < -0.3 is 16.0 Å². The van der Waals surface area contributed by atoms with Crippen LogP contribution in [0.5, 0.6) is 0 Å². The summed E-state index contributed by atoms with van der Waals surface area (Å²) in [5, 5.41) is 4.88. The van der Waals surface area contributed by atoms with Crippen molar-refractivity contribution in [2.45, 2.75) is 13.5 Å². The van der Waals surface area contributed by atoms with Crippen molar-refractivity contribution < 1.29 is 4.79 Å². The molecule has 1 amide bonds. The van der Waals surface area contributed by atoms with E-state index < -0.39 is 0 Å². The van der Waals surface area contributed by atoms with Crippen molar-refractivity contribution in [3.05, 3.63) is 44.6 Å². The maximum atomic E-state index is 12.2. The molecule has 21 heavy (non-hydrogen) atoms. The molecule has 0 fully saturated rings. The number of nitrogen functional groups attached to an aromatic ring is 1. The van der Waals surface area contributed by atoms with E-state index in [4.69, 9.17) is 5.73 Å². The van der Waals surface area contributed by atoms with Gasteiger partial charge in [0.25, 0.3) is 5.91 Å². The molecule has 1 aromatic carbocycles. The summed E-state index contributed by atoms with van der Waals surface area (Å²) < 4.78 is 1.08. The van der Waals surface area contributed by atoms with E-state index >= 15 is 0 Å². The van der Waals surface area contributed by atoms with Crippen LogP contribution in [0.2, 0.25) is 0 Å². The molecule has 2 rings (SSSR count). The number of halogens is 1. The SMILES string of the molecule is CCNC(=O)c1ccc(N)cc1N(C)Cc1cc(Br)cs1. The highest BCUT2D eigenvalue weighted by molar-refractivity contribution is 9.10. The lowest BCUT2D eigenvalue weighted by atomic mass is 10.1. The van der Waals surface area contributed by atoms with Crippen LogP contribution in [0.15, 0.2) is 34.1 Å². The first-order chi connectivity index (χ1) is 10.0. The van der Waals surface area contributed by atoms with Gasteiger partial charge in [0.2, 0.25) is 0 Å². The van der Waals surface area contributed by atoms with Crippen molar-refractivity contribution in [1.82, 2.24) is 5.32 Å². The minimum atomic E-state index is -0.0771. The van der Waals surface area contributed by atoms with Crippen molar-refractivity contribution in [2.75, 3.05) is 24.2 Å². The van der Waals surface area contributed by atoms with E-state index in [1.165, 1.54) is 4.88 Å². The lowest BCUT2D eigenvalue weighted by Crippen LogP contribution is -2.26. The number of thiophene rings is 1. The molecule has 4 nitrogen and oxygen atoms in total. The number of anilines is 2. The van der Waals surface area contributed by atoms with Crippen LogP contribution in [0.1, 0.15) is 22.2 Å². The van der Waals surface area contributed by atoms with E-state index in [0.29, 0.717) is 17.8 Å². The molecular weight excluding hydrogens is 350 g/mol. The third kappa shape index (κ3) is 3.98. The predicted octanol–water partition coefficient (Wildman–Crippen LogP) is 3.48. The van der Waals surface area contributed by atoms with E-state index in [2.05, 4.69) is 27.3 Å². The number of nitrogens with two attached hydrogens (primary N) is 1. The first-order valence-corrected chi connectivity index (χ1v) is 8.30. The van der Waals surface area contributed by atoms with Crippen LogP contribution in [0.25, 0.3) is 0 Å². The van der Waals surface area contributed by atoms with E-state index in [9.17, 15) is 4.79 Å². The highest BCUT2D eigenvalue weighted by atomic mass is 79.9. The Balaban J connectivity index is 2.28. The topological polar surface area (TPSA) is 58.4 Å². The van der Waals surface area contributed by atoms with Gasteiger partial charge in [-0.05, 0) is 47.1 Å². The number of benzene rings is 1.